The van der Waals surface area contributed by atoms with Crippen LogP contribution in [-0.4, -0.2) is 44.0 Å². The van der Waals surface area contributed by atoms with E-state index in [9.17, 15) is 4.79 Å². The third-order valence-electron chi connectivity index (χ3n) is 3.06. The van der Waals surface area contributed by atoms with E-state index in [0.29, 0.717) is 12.5 Å². The van der Waals surface area contributed by atoms with E-state index < -0.39 is 0 Å². The predicted octanol–water partition coefficient (Wildman–Crippen LogP) is 2.99. The zero-order valence-corrected chi connectivity index (χ0v) is 17.9. The molecule has 0 aliphatic rings. The Morgan fingerprint density at radius 1 is 1.22 bits per heavy atom. The van der Waals surface area contributed by atoms with Gasteiger partial charge in [-0.05, 0) is 24.1 Å². The minimum Gasteiger partial charge on any atom is -0.356 e. The molecule has 0 bridgehead atoms. The van der Waals surface area contributed by atoms with E-state index in [0.717, 1.165) is 29.4 Å². The quantitative estimate of drug-likeness (QED) is 0.264. The summed E-state index contributed by atoms with van der Waals surface area (Å²) in [6, 6.07) is 8.06. The number of guanidine groups is 1. The summed E-state index contributed by atoms with van der Waals surface area (Å²) in [6.45, 7) is 3.80. The van der Waals surface area contributed by atoms with Gasteiger partial charge in [0.25, 0.3) is 0 Å². The average molecular weight is 497 g/mol. The van der Waals surface area contributed by atoms with Crippen LogP contribution < -0.4 is 10.6 Å². The Kier molecular flexibility index (Phi) is 12.1. The van der Waals surface area contributed by atoms with Crippen LogP contribution in [0.5, 0.6) is 0 Å². The molecule has 130 valence electrons. The molecule has 7 heteroatoms. The maximum atomic E-state index is 11.7. The molecule has 1 aromatic rings. The maximum absolute atomic E-state index is 11.7. The van der Waals surface area contributed by atoms with Crippen LogP contribution in [0.15, 0.2) is 33.7 Å². The summed E-state index contributed by atoms with van der Waals surface area (Å²) in [4.78, 5) is 17.8. The molecule has 0 spiro atoms. The SMILES string of the molecule is CCCCNC(=NCc1ccc(Br)cc1)NCC(=O)N(C)C.I. The molecule has 1 aromatic carbocycles. The summed E-state index contributed by atoms with van der Waals surface area (Å²) in [5.74, 6) is 0.695. The Balaban J connectivity index is 0.00000484. The second-order valence-electron chi connectivity index (χ2n) is 5.21. The van der Waals surface area contributed by atoms with E-state index >= 15 is 0 Å². The number of unbranched alkanes of at least 4 members (excludes halogenated alkanes) is 1. The van der Waals surface area contributed by atoms with Crippen LogP contribution in [0.25, 0.3) is 0 Å². The van der Waals surface area contributed by atoms with Crippen LogP contribution in [0, 0.1) is 0 Å². The third-order valence-corrected chi connectivity index (χ3v) is 3.59. The summed E-state index contributed by atoms with van der Waals surface area (Å²) in [5, 5.41) is 6.34. The lowest BCUT2D eigenvalue weighted by Gasteiger charge is -2.14. The molecule has 0 aliphatic heterocycles. The number of benzene rings is 1. The molecule has 1 amide bonds. The molecule has 1 rings (SSSR count). The predicted molar refractivity (Wildman–Crippen MR) is 110 cm³/mol. The molecule has 0 radical (unpaired) electrons. The minimum atomic E-state index is 0. The fourth-order valence-electron chi connectivity index (χ4n) is 1.64. The van der Waals surface area contributed by atoms with Crippen molar-refractivity contribution in [2.75, 3.05) is 27.2 Å². The molecular weight excluding hydrogens is 471 g/mol. The highest BCUT2D eigenvalue weighted by molar-refractivity contribution is 14.0. The minimum absolute atomic E-state index is 0. The fraction of sp³-hybridized carbons (Fsp3) is 0.500. The number of nitrogens with one attached hydrogen (secondary N) is 2. The van der Waals surface area contributed by atoms with E-state index in [4.69, 9.17) is 0 Å². The summed E-state index contributed by atoms with van der Waals surface area (Å²) in [7, 11) is 3.49. The van der Waals surface area contributed by atoms with Gasteiger partial charge in [0.05, 0.1) is 13.1 Å². The largest absolute Gasteiger partial charge is 0.356 e. The highest BCUT2D eigenvalue weighted by Crippen LogP contribution is 2.10. The number of rotatable bonds is 7. The normalized spacial score (nSPS) is 10.7. The van der Waals surface area contributed by atoms with Gasteiger partial charge < -0.3 is 15.5 Å². The van der Waals surface area contributed by atoms with Crippen LogP contribution in [0.3, 0.4) is 0 Å². The first-order valence-electron chi connectivity index (χ1n) is 7.49. The first-order chi connectivity index (χ1) is 10.5. The number of hydrogen-bond acceptors (Lipinski definition) is 2. The molecule has 5 nitrogen and oxygen atoms in total. The maximum Gasteiger partial charge on any atom is 0.241 e. The van der Waals surface area contributed by atoms with Crippen molar-refractivity contribution in [3.05, 3.63) is 34.3 Å². The van der Waals surface area contributed by atoms with Gasteiger partial charge in [0, 0.05) is 25.1 Å². The monoisotopic (exact) mass is 496 g/mol. The highest BCUT2D eigenvalue weighted by Gasteiger charge is 2.05. The van der Waals surface area contributed by atoms with Gasteiger partial charge in [-0.1, -0.05) is 41.4 Å². The van der Waals surface area contributed by atoms with Crippen molar-refractivity contribution >= 4 is 51.8 Å². The van der Waals surface area contributed by atoms with Gasteiger partial charge in [-0.2, -0.15) is 0 Å². The van der Waals surface area contributed by atoms with Gasteiger partial charge in [-0.25, -0.2) is 4.99 Å². The number of carbonyl (C=O) groups is 1. The van der Waals surface area contributed by atoms with Gasteiger partial charge in [-0.3, -0.25) is 4.79 Å². The van der Waals surface area contributed by atoms with Crippen LogP contribution in [0.4, 0.5) is 0 Å². The number of likely N-dealkylation sites (N-methyl/N-ethyl adjacent to an activating group) is 1. The van der Waals surface area contributed by atoms with E-state index in [2.05, 4.69) is 38.5 Å². The van der Waals surface area contributed by atoms with Gasteiger partial charge in [0.2, 0.25) is 5.91 Å². The molecule has 0 unspecified atom stereocenters. The Morgan fingerprint density at radius 3 is 2.43 bits per heavy atom. The highest BCUT2D eigenvalue weighted by atomic mass is 127. The van der Waals surface area contributed by atoms with Gasteiger partial charge >= 0.3 is 0 Å². The smallest absolute Gasteiger partial charge is 0.241 e. The fourth-order valence-corrected chi connectivity index (χ4v) is 1.90. The second kappa shape index (κ2) is 12.6. The van der Waals surface area contributed by atoms with Crippen molar-refractivity contribution < 1.29 is 4.79 Å². The number of amides is 1. The zero-order chi connectivity index (χ0) is 16.4. The lowest BCUT2D eigenvalue weighted by Crippen LogP contribution is -2.43. The van der Waals surface area contributed by atoms with Crippen molar-refractivity contribution in [2.24, 2.45) is 4.99 Å². The van der Waals surface area contributed by atoms with Crippen molar-refractivity contribution in [1.29, 1.82) is 0 Å². The van der Waals surface area contributed by atoms with E-state index in [-0.39, 0.29) is 36.4 Å². The molecular formula is C16H26BrIN4O. The van der Waals surface area contributed by atoms with Gasteiger partial charge in [0.15, 0.2) is 5.96 Å². The summed E-state index contributed by atoms with van der Waals surface area (Å²) in [6.07, 6.45) is 2.18. The van der Waals surface area contributed by atoms with E-state index in [1.54, 1.807) is 19.0 Å². The van der Waals surface area contributed by atoms with Crippen LogP contribution in [-0.2, 0) is 11.3 Å². The number of halogens is 2. The standard InChI is InChI=1S/C16H25BrN4O.HI/c1-4-5-10-18-16(20-12-15(22)21(2)3)19-11-13-6-8-14(17)9-7-13;/h6-9H,4-5,10-12H2,1-3H3,(H2,18,19,20);1H. The van der Waals surface area contributed by atoms with Gasteiger partial charge in [0.1, 0.15) is 0 Å². The van der Waals surface area contributed by atoms with E-state index in [1.807, 2.05) is 24.3 Å². The third kappa shape index (κ3) is 9.80. The number of carbonyl (C=O) groups excluding carboxylic acids is 1. The molecule has 2 N–H and O–H groups in total. The number of nitrogens with zero attached hydrogens (tertiary/aromatic N) is 2. The number of aliphatic imine (C=N–C) groups is 1. The van der Waals surface area contributed by atoms with Crippen molar-refractivity contribution in [3.63, 3.8) is 0 Å². The van der Waals surface area contributed by atoms with E-state index in [1.165, 1.54) is 0 Å². The summed E-state index contributed by atoms with van der Waals surface area (Å²) < 4.78 is 1.05. The Morgan fingerprint density at radius 2 is 1.87 bits per heavy atom. The molecule has 0 saturated heterocycles. The molecule has 23 heavy (non-hydrogen) atoms. The lowest BCUT2D eigenvalue weighted by molar-refractivity contribution is -0.127. The Hall–Kier alpha value is -0.830. The lowest BCUT2D eigenvalue weighted by atomic mass is 10.2. The Bertz CT molecular complexity index is 491. The second-order valence-corrected chi connectivity index (χ2v) is 6.13. The van der Waals surface area contributed by atoms with Crippen LogP contribution >= 0.6 is 39.9 Å². The number of hydrogen-bond donors (Lipinski definition) is 2. The molecule has 0 aromatic heterocycles. The van der Waals surface area contributed by atoms with Crippen molar-refractivity contribution in [2.45, 2.75) is 26.3 Å². The molecule has 0 heterocycles. The summed E-state index contributed by atoms with van der Waals surface area (Å²) >= 11 is 3.42. The van der Waals surface area contributed by atoms with Gasteiger partial charge in [-0.15, -0.1) is 24.0 Å². The zero-order valence-electron chi connectivity index (χ0n) is 13.9. The average Bonchev–Trinajstić information content (AvgIpc) is 2.50. The molecule has 0 saturated carbocycles. The van der Waals surface area contributed by atoms with Crippen molar-refractivity contribution in [1.82, 2.24) is 15.5 Å². The van der Waals surface area contributed by atoms with Crippen LogP contribution in [0.1, 0.15) is 25.3 Å². The topological polar surface area (TPSA) is 56.7 Å². The summed E-state index contributed by atoms with van der Waals surface area (Å²) in [5.41, 5.74) is 1.12. The molecule has 0 fully saturated rings. The molecule has 0 aliphatic carbocycles. The van der Waals surface area contributed by atoms with Crippen molar-refractivity contribution in [3.8, 4) is 0 Å². The first-order valence-corrected chi connectivity index (χ1v) is 8.29. The molecule has 0 atom stereocenters. The van der Waals surface area contributed by atoms with Crippen LogP contribution in [0.2, 0.25) is 0 Å². The Labute approximate surface area is 164 Å². The first kappa shape index (κ1) is 22.2.